The topological polar surface area (TPSA) is 67.4 Å². The van der Waals surface area contributed by atoms with Crippen molar-refractivity contribution in [3.8, 4) is 0 Å². The molecule has 0 atom stereocenters. The molecule has 0 bridgehead atoms. The summed E-state index contributed by atoms with van der Waals surface area (Å²) in [5.41, 5.74) is 1.00. The number of amides is 2. The fraction of sp³-hybridized carbons (Fsp3) is 0.385. The van der Waals surface area contributed by atoms with Crippen molar-refractivity contribution in [2.24, 2.45) is 0 Å². The smallest absolute Gasteiger partial charge is 0.384 e. The van der Waals surface area contributed by atoms with Crippen LogP contribution in [0.3, 0.4) is 0 Å². The molecule has 1 aromatic rings. The summed E-state index contributed by atoms with van der Waals surface area (Å²) in [7, 11) is 1.48. The summed E-state index contributed by atoms with van der Waals surface area (Å²) in [5, 5.41) is 4.37. The fourth-order valence-corrected chi connectivity index (χ4v) is 1.41. The van der Waals surface area contributed by atoms with Crippen molar-refractivity contribution in [2.75, 3.05) is 19.0 Å². The maximum atomic E-state index is 12.0. The molecule has 2 amide bonds. The second kappa shape index (κ2) is 7.63. The zero-order valence-electron chi connectivity index (χ0n) is 11.3. The number of alkyl halides is 3. The number of halogens is 3. The molecule has 0 heterocycles. The zero-order valence-corrected chi connectivity index (χ0v) is 11.3. The van der Waals surface area contributed by atoms with Gasteiger partial charge in [-0.1, -0.05) is 12.1 Å². The van der Waals surface area contributed by atoms with Gasteiger partial charge in [-0.2, -0.15) is 13.2 Å². The Morgan fingerprint density at radius 2 is 1.81 bits per heavy atom. The van der Waals surface area contributed by atoms with Crippen LogP contribution in [0.4, 0.5) is 18.9 Å². The average Bonchev–Trinajstić information content (AvgIpc) is 2.43. The molecular formula is C13H15F3N2O3. The van der Waals surface area contributed by atoms with Crippen molar-refractivity contribution < 1.29 is 27.5 Å². The lowest BCUT2D eigenvalue weighted by Crippen LogP contribution is -2.36. The Balaban J connectivity index is 2.47. The SMILES string of the molecule is COCCC(=O)Nc1ccc(CNC(=O)C(F)(F)F)cc1. The number of ether oxygens (including phenoxy) is 1. The van der Waals surface area contributed by atoms with E-state index in [0.717, 1.165) is 0 Å². The second-order valence-corrected chi connectivity index (χ2v) is 4.17. The number of anilines is 1. The van der Waals surface area contributed by atoms with Crippen molar-refractivity contribution in [1.29, 1.82) is 0 Å². The second-order valence-electron chi connectivity index (χ2n) is 4.17. The van der Waals surface area contributed by atoms with Crippen LogP contribution in [0.2, 0.25) is 0 Å². The molecule has 0 unspecified atom stereocenters. The Bertz CT molecular complexity index is 486. The van der Waals surface area contributed by atoms with E-state index in [4.69, 9.17) is 4.74 Å². The Labute approximate surface area is 119 Å². The summed E-state index contributed by atoms with van der Waals surface area (Å²) in [4.78, 5) is 22.1. The number of benzene rings is 1. The van der Waals surface area contributed by atoms with Crippen LogP contribution in [0.1, 0.15) is 12.0 Å². The highest BCUT2D eigenvalue weighted by Gasteiger charge is 2.38. The van der Waals surface area contributed by atoms with E-state index in [1.54, 1.807) is 17.4 Å². The highest BCUT2D eigenvalue weighted by molar-refractivity contribution is 5.90. The monoisotopic (exact) mass is 304 g/mol. The molecule has 21 heavy (non-hydrogen) atoms. The van der Waals surface area contributed by atoms with Crippen molar-refractivity contribution >= 4 is 17.5 Å². The highest BCUT2D eigenvalue weighted by Crippen LogP contribution is 2.15. The highest BCUT2D eigenvalue weighted by atomic mass is 19.4. The third-order valence-corrected chi connectivity index (χ3v) is 2.48. The first-order chi connectivity index (χ1) is 9.82. The van der Waals surface area contributed by atoms with Crippen LogP contribution >= 0.6 is 0 Å². The van der Waals surface area contributed by atoms with E-state index in [1.807, 2.05) is 0 Å². The Hall–Kier alpha value is -2.09. The molecule has 2 N–H and O–H groups in total. The van der Waals surface area contributed by atoms with Crippen LogP contribution in [-0.4, -0.2) is 31.7 Å². The molecule has 0 spiro atoms. The molecule has 1 rings (SSSR count). The van der Waals surface area contributed by atoms with Crippen LogP contribution < -0.4 is 10.6 Å². The van der Waals surface area contributed by atoms with Crippen LogP contribution in [0.5, 0.6) is 0 Å². The molecule has 0 aliphatic heterocycles. The van der Waals surface area contributed by atoms with Crippen molar-refractivity contribution in [1.82, 2.24) is 5.32 Å². The van der Waals surface area contributed by atoms with Gasteiger partial charge in [0.1, 0.15) is 0 Å². The van der Waals surface area contributed by atoms with Crippen molar-refractivity contribution in [3.05, 3.63) is 29.8 Å². The van der Waals surface area contributed by atoms with E-state index in [9.17, 15) is 22.8 Å². The number of hydrogen-bond acceptors (Lipinski definition) is 3. The summed E-state index contributed by atoms with van der Waals surface area (Å²) < 4.78 is 40.7. The minimum Gasteiger partial charge on any atom is -0.384 e. The maximum absolute atomic E-state index is 12.0. The van der Waals surface area contributed by atoms with Crippen molar-refractivity contribution in [2.45, 2.75) is 19.1 Å². The first kappa shape index (κ1) is 17.0. The predicted molar refractivity (Wildman–Crippen MR) is 69.5 cm³/mol. The zero-order chi connectivity index (χ0) is 15.9. The molecule has 0 aliphatic rings. The normalized spacial score (nSPS) is 11.0. The van der Waals surface area contributed by atoms with Crippen LogP contribution in [0.25, 0.3) is 0 Å². The first-order valence-electron chi connectivity index (χ1n) is 6.05. The first-order valence-corrected chi connectivity index (χ1v) is 6.05. The summed E-state index contributed by atoms with van der Waals surface area (Å²) in [6.45, 7) is 0.0592. The molecule has 0 saturated heterocycles. The molecule has 1 aromatic carbocycles. The van der Waals surface area contributed by atoms with E-state index in [1.165, 1.54) is 19.2 Å². The standard InChI is InChI=1S/C13H15F3N2O3/c1-21-7-6-11(19)18-10-4-2-9(3-5-10)8-17-12(20)13(14,15)16/h2-5H,6-8H2,1H3,(H,17,20)(H,18,19). The number of nitrogens with one attached hydrogen (secondary N) is 2. The van der Waals surface area contributed by atoms with Gasteiger partial charge < -0.3 is 15.4 Å². The molecule has 0 radical (unpaired) electrons. The van der Waals surface area contributed by atoms with Crippen LogP contribution in [-0.2, 0) is 20.9 Å². The summed E-state index contributed by atoms with van der Waals surface area (Å²) in [6.07, 6.45) is -4.69. The average molecular weight is 304 g/mol. The molecule has 0 fully saturated rings. The number of hydrogen-bond donors (Lipinski definition) is 2. The van der Waals surface area contributed by atoms with Crippen LogP contribution in [0.15, 0.2) is 24.3 Å². The maximum Gasteiger partial charge on any atom is 0.471 e. The van der Waals surface area contributed by atoms with E-state index in [2.05, 4.69) is 5.32 Å². The number of rotatable bonds is 6. The lowest BCUT2D eigenvalue weighted by atomic mass is 10.2. The molecule has 0 saturated carbocycles. The minimum absolute atomic E-state index is 0.208. The van der Waals surface area contributed by atoms with Gasteiger partial charge in [-0.05, 0) is 17.7 Å². The van der Waals surface area contributed by atoms with Crippen LogP contribution in [0, 0.1) is 0 Å². The van der Waals surface area contributed by atoms with E-state index in [-0.39, 0.29) is 18.9 Å². The van der Waals surface area contributed by atoms with Gasteiger partial charge in [0.25, 0.3) is 0 Å². The quantitative estimate of drug-likeness (QED) is 0.842. The van der Waals surface area contributed by atoms with Gasteiger partial charge in [0.05, 0.1) is 13.0 Å². The number of carbonyl (C=O) groups excluding carboxylic acids is 2. The number of carbonyl (C=O) groups is 2. The Kier molecular flexibility index (Phi) is 6.16. The largest absolute Gasteiger partial charge is 0.471 e. The van der Waals surface area contributed by atoms with E-state index < -0.39 is 12.1 Å². The van der Waals surface area contributed by atoms with Gasteiger partial charge in [0.2, 0.25) is 5.91 Å². The molecule has 8 heteroatoms. The number of methoxy groups -OCH3 is 1. The lowest BCUT2D eigenvalue weighted by Gasteiger charge is -2.09. The third kappa shape index (κ3) is 6.26. The molecule has 0 aromatic heterocycles. The molecule has 0 aliphatic carbocycles. The lowest BCUT2D eigenvalue weighted by molar-refractivity contribution is -0.173. The summed E-state index contributed by atoms with van der Waals surface area (Å²) in [6, 6.07) is 6.12. The minimum atomic E-state index is -4.89. The van der Waals surface area contributed by atoms with E-state index >= 15 is 0 Å². The Morgan fingerprint density at radius 1 is 1.19 bits per heavy atom. The predicted octanol–water partition coefficient (Wildman–Crippen LogP) is 1.84. The summed E-state index contributed by atoms with van der Waals surface area (Å²) >= 11 is 0. The summed E-state index contributed by atoms with van der Waals surface area (Å²) in [5.74, 6) is -2.21. The van der Waals surface area contributed by atoms with E-state index in [0.29, 0.717) is 17.9 Å². The van der Waals surface area contributed by atoms with Gasteiger partial charge in [-0.15, -0.1) is 0 Å². The molecular weight excluding hydrogens is 289 g/mol. The van der Waals surface area contributed by atoms with Gasteiger partial charge >= 0.3 is 12.1 Å². The van der Waals surface area contributed by atoms with Gasteiger partial charge in [0.15, 0.2) is 0 Å². The third-order valence-electron chi connectivity index (χ3n) is 2.48. The fourth-order valence-electron chi connectivity index (χ4n) is 1.41. The molecule has 5 nitrogen and oxygen atoms in total. The van der Waals surface area contributed by atoms with Gasteiger partial charge in [0, 0.05) is 19.3 Å². The van der Waals surface area contributed by atoms with Gasteiger partial charge in [-0.25, -0.2) is 0 Å². The van der Waals surface area contributed by atoms with Gasteiger partial charge in [-0.3, -0.25) is 9.59 Å². The Morgan fingerprint density at radius 3 is 2.33 bits per heavy atom. The molecule has 116 valence electrons. The van der Waals surface area contributed by atoms with Crippen molar-refractivity contribution in [3.63, 3.8) is 0 Å².